The van der Waals surface area contributed by atoms with Gasteiger partial charge < -0.3 is 10.2 Å². The zero-order valence-corrected chi connectivity index (χ0v) is 20.2. The van der Waals surface area contributed by atoms with Crippen LogP contribution in [-0.2, 0) is 16.1 Å². The van der Waals surface area contributed by atoms with E-state index in [-0.39, 0.29) is 40.7 Å². The maximum atomic E-state index is 14.8. The Kier molecular flexibility index (Phi) is 6.22. The minimum atomic E-state index is -5.32. The lowest BCUT2D eigenvalue weighted by atomic mass is 9.72. The van der Waals surface area contributed by atoms with Crippen molar-refractivity contribution in [3.8, 4) is 0 Å². The number of alkyl halides is 3. The smallest absolute Gasteiger partial charge is 0.326 e. The number of halogens is 5. The molecule has 184 valence electrons. The molecule has 1 aliphatic heterocycles. The summed E-state index contributed by atoms with van der Waals surface area (Å²) in [5.41, 5.74) is -4.90. The number of hydrogen-bond acceptors (Lipinski definition) is 4. The molecule has 1 aromatic carbocycles. The Bertz CT molecular complexity index is 1260. The Morgan fingerprint density at radius 1 is 1.17 bits per heavy atom. The molecule has 4 rings (SSSR count). The summed E-state index contributed by atoms with van der Waals surface area (Å²) in [4.78, 5) is 44.7. The lowest BCUT2D eigenvalue weighted by Crippen LogP contribution is -2.66. The van der Waals surface area contributed by atoms with E-state index in [2.05, 4.69) is 4.98 Å². The summed E-state index contributed by atoms with van der Waals surface area (Å²) < 4.78 is 44.5. The van der Waals surface area contributed by atoms with Crippen molar-refractivity contribution in [1.82, 2.24) is 15.2 Å². The minimum absolute atomic E-state index is 0.0372. The van der Waals surface area contributed by atoms with E-state index in [4.69, 9.17) is 23.2 Å². The second-order valence-electron chi connectivity index (χ2n) is 9.34. The number of aromatic nitrogens is 1. The van der Waals surface area contributed by atoms with Crippen LogP contribution in [0.4, 0.5) is 13.2 Å². The number of benzene rings is 1. The second kappa shape index (κ2) is 8.64. The molecule has 0 unspecified atom stereocenters. The summed E-state index contributed by atoms with van der Waals surface area (Å²) in [6, 6.07) is 6.83. The molecule has 1 N–H and O–H groups in total. The fourth-order valence-corrected chi connectivity index (χ4v) is 5.07. The maximum absolute atomic E-state index is 14.8. The van der Waals surface area contributed by atoms with E-state index in [9.17, 15) is 27.6 Å². The molecule has 35 heavy (non-hydrogen) atoms. The van der Waals surface area contributed by atoms with Crippen molar-refractivity contribution < 1.29 is 27.6 Å². The van der Waals surface area contributed by atoms with Gasteiger partial charge in [0.1, 0.15) is 0 Å². The highest BCUT2D eigenvalue weighted by Crippen LogP contribution is 2.52. The van der Waals surface area contributed by atoms with Crippen LogP contribution in [0.3, 0.4) is 0 Å². The molecule has 1 aromatic heterocycles. The van der Waals surface area contributed by atoms with Crippen LogP contribution < -0.4 is 5.32 Å². The van der Waals surface area contributed by atoms with E-state index in [0.29, 0.717) is 5.56 Å². The van der Waals surface area contributed by atoms with Crippen molar-refractivity contribution in [3.05, 3.63) is 75.2 Å². The number of rotatable bonds is 4. The van der Waals surface area contributed by atoms with Crippen LogP contribution in [0, 0.1) is 5.41 Å². The molecule has 0 saturated carbocycles. The fraction of sp³-hybridized carbons (Fsp3) is 0.333. The highest BCUT2D eigenvalue weighted by Gasteiger charge is 2.71. The van der Waals surface area contributed by atoms with Gasteiger partial charge >= 0.3 is 6.18 Å². The normalized spacial score (nSPS) is 21.9. The summed E-state index contributed by atoms with van der Waals surface area (Å²) in [5, 5.41) is 1.83. The van der Waals surface area contributed by atoms with Crippen molar-refractivity contribution >= 4 is 40.8 Å². The number of nitrogens with one attached hydrogen (secondary N) is 1. The Morgan fingerprint density at radius 2 is 1.89 bits per heavy atom. The molecule has 2 aromatic rings. The standard InChI is InChI=1S/C24H20Cl2F3N3O3/c1-22(2)9-17-19(18(33)10-22)23(24(27,28)29,21(35)32(17)12-13-4-3-7-30-11-13)31-20(34)15-6-5-14(25)8-16(15)26/h3-8,11H,9-10,12H2,1-2H3,(H,31,34)/t23-/m0/s1. The van der Waals surface area contributed by atoms with Crippen LogP contribution in [-0.4, -0.2) is 39.2 Å². The average molecular weight is 526 g/mol. The molecule has 2 aliphatic rings. The summed E-state index contributed by atoms with van der Waals surface area (Å²) in [6.45, 7) is 3.23. The first-order chi connectivity index (χ1) is 16.3. The van der Waals surface area contributed by atoms with E-state index >= 15 is 0 Å². The number of nitrogens with zero attached hydrogens (tertiary/aromatic N) is 2. The Labute approximate surface area is 209 Å². The van der Waals surface area contributed by atoms with Crippen LogP contribution in [0.2, 0.25) is 10.0 Å². The number of carbonyl (C=O) groups is 3. The molecular formula is C24H20Cl2F3N3O3. The second-order valence-corrected chi connectivity index (χ2v) is 10.2. The molecule has 0 spiro atoms. The molecule has 0 bridgehead atoms. The molecule has 0 saturated heterocycles. The van der Waals surface area contributed by atoms with E-state index in [1.54, 1.807) is 26.0 Å². The summed E-state index contributed by atoms with van der Waals surface area (Å²) >= 11 is 11.9. The number of hydrogen-bond donors (Lipinski definition) is 1. The van der Waals surface area contributed by atoms with Crippen LogP contribution in [0.1, 0.15) is 42.6 Å². The van der Waals surface area contributed by atoms with Crippen molar-refractivity contribution in [2.24, 2.45) is 5.41 Å². The first-order valence-corrected chi connectivity index (χ1v) is 11.3. The largest absolute Gasteiger partial charge is 0.425 e. The lowest BCUT2D eigenvalue weighted by Gasteiger charge is -2.35. The first kappa shape index (κ1) is 25.2. The quantitative estimate of drug-likeness (QED) is 0.601. The Morgan fingerprint density at radius 3 is 2.49 bits per heavy atom. The average Bonchev–Trinajstić information content (AvgIpc) is 2.96. The third kappa shape index (κ3) is 4.31. The number of carbonyl (C=O) groups excluding carboxylic acids is 3. The van der Waals surface area contributed by atoms with Crippen LogP contribution in [0.5, 0.6) is 0 Å². The zero-order chi connectivity index (χ0) is 25.8. The molecular weight excluding hydrogens is 506 g/mol. The summed E-state index contributed by atoms with van der Waals surface area (Å²) in [7, 11) is 0. The van der Waals surface area contributed by atoms with Crippen LogP contribution >= 0.6 is 23.2 Å². The van der Waals surface area contributed by atoms with Gasteiger partial charge in [0.25, 0.3) is 11.8 Å². The number of Topliss-reactive ketones (excluding diaryl/α,β-unsaturated/α-hetero) is 1. The van der Waals surface area contributed by atoms with Gasteiger partial charge in [0.15, 0.2) is 5.78 Å². The number of amides is 2. The van der Waals surface area contributed by atoms with Gasteiger partial charge in [-0.3, -0.25) is 19.4 Å². The SMILES string of the molecule is CC1(C)CC(=O)C2=C(C1)N(Cc1cccnc1)C(=O)[C@]2(NC(=O)c1ccc(Cl)cc1Cl)C(F)(F)F. The van der Waals surface area contributed by atoms with Crippen molar-refractivity contribution in [1.29, 1.82) is 0 Å². The summed E-state index contributed by atoms with van der Waals surface area (Å²) in [6.07, 6.45) is -2.59. The lowest BCUT2D eigenvalue weighted by molar-refractivity contribution is -0.190. The molecule has 0 fully saturated rings. The monoisotopic (exact) mass is 525 g/mol. The van der Waals surface area contributed by atoms with Crippen LogP contribution in [0.15, 0.2) is 54.0 Å². The predicted molar refractivity (Wildman–Crippen MR) is 123 cm³/mol. The van der Waals surface area contributed by atoms with E-state index in [0.717, 1.165) is 11.0 Å². The topological polar surface area (TPSA) is 79.4 Å². The third-order valence-electron chi connectivity index (χ3n) is 6.08. The van der Waals surface area contributed by atoms with Gasteiger partial charge in [-0.25, -0.2) is 0 Å². The minimum Gasteiger partial charge on any atom is -0.326 e. The van der Waals surface area contributed by atoms with Crippen molar-refractivity contribution in [2.45, 2.75) is 44.9 Å². The van der Waals surface area contributed by atoms with Gasteiger partial charge in [-0.2, -0.15) is 13.2 Å². The highest BCUT2D eigenvalue weighted by atomic mass is 35.5. The Hall–Kier alpha value is -2.91. The number of ketones is 1. The Balaban J connectivity index is 1.88. The van der Waals surface area contributed by atoms with E-state index in [1.807, 2.05) is 5.32 Å². The van der Waals surface area contributed by atoms with Gasteiger partial charge in [-0.1, -0.05) is 43.1 Å². The van der Waals surface area contributed by atoms with Gasteiger partial charge in [0.2, 0.25) is 5.54 Å². The van der Waals surface area contributed by atoms with E-state index < -0.39 is 40.3 Å². The summed E-state index contributed by atoms with van der Waals surface area (Å²) in [5.74, 6) is -3.56. The maximum Gasteiger partial charge on any atom is 0.425 e. The third-order valence-corrected chi connectivity index (χ3v) is 6.63. The molecule has 2 heterocycles. The molecule has 2 amide bonds. The zero-order valence-electron chi connectivity index (χ0n) is 18.7. The van der Waals surface area contributed by atoms with E-state index in [1.165, 1.54) is 24.5 Å². The van der Waals surface area contributed by atoms with Gasteiger partial charge in [0.05, 0.1) is 22.7 Å². The van der Waals surface area contributed by atoms with Crippen molar-refractivity contribution in [2.75, 3.05) is 0 Å². The molecule has 11 heteroatoms. The van der Waals surface area contributed by atoms with Crippen LogP contribution in [0.25, 0.3) is 0 Å². The van der Waals surface area contributed by atoms with Gasteiger partial charge in [-0.05, 0) is 41.7 Å². The number of allylic oxidation sites excluding steroid dienone is 1. The van der Waals surface area contributed by atoms with Gasteiger partial charge in [-0.15, -0.1) is 0 Å². The first-order valence-electron chi connectivity index (χ1n) is 10.6. The predicted octanol–water partition coefficient (Wildman–Crippen LogP) is 5.10. The molecule has 6 nitrogen and oxygen atoms in total. The molecule has 1 aliphatic carbocycles. The number of pyridine rings is 1. The molecule has 1 atom stereocenters. The fourth-order valence-electron chi connectivity index (χ4n) is 4.58. The molecule has 0 radical (unpaired) electrons. The highest BCUT2D eigenvalue weighted by molar-refractivity contribution is 6.36. The van der Waals surface area contributed by atoms with Gasteiger partial charge in [0, 0.05) is 29.5 Å². The van der Waals surface area contributed by atoms with Crippen molar-refractivity contribution in [3.63, 3.8) is 0 Å².